The molecule has 2 rings (SSSR count). The van der Waals surface area contributed by atoms with Crippen LogP contribution >= 0.6 is 15.9 Å². The number of alkyl halides is 2. The van der Waals surface area contributed by atoms with Gasteiger partial charge >= 0.3 is 0 Å². The predicted molar refractivity (Wildman–Crippen MR) is 64.3 cm³/mol. The molecule has 0 heterocycles. The molecule has 1 fully saturated rings. The smallest absolute Gasteiger partial charge is 0.264 e. The van der Waals surface area contributed by atoms with Crippen molar-refractivity contribution >= 4 is 21.6 Å². The molecule has 0 atom stereocenters. The molecule has 86 valence electrons. The van der Waals surface area contributed by atoms with Gasteiger partial charge in [-0.2, -0.15) is 0 Å². The first kappa shape index (κ1) is 11.6. The van der Waals surface area contributed by atoms with Crippen LogP contribution in [0, 0.1) is 0 Å². The van der Waals surface area contributed by atoms with E-state index in [0.717, 1.165) is 24.1 Å². The van der Waals surface area contributed by atoms with Crippen LogP contribution < -0.4 is 5.32 Å². The van der Waals surface area contributed by atoms with Crippen LogP contribution in [-0.4, -0.2) is 6.04 Å². The molecule has 1 aromatic carbocycles. The van der Waals surface area contributed by atoms with E-state index in [1.165, 1.54) is 6.07 Å². The van der Waals surface area contributed by atoms with Crippen molar-refractivity contribution in [2.75, 3.05) is 0 Å². The van der Waals surface area contributed by atoms with Gasteiger partial charge in [-0.3, -0.25) is 0 Å². The number of hydrogen-bond donors (Lipinski definition) is 1. The molecule has 1 N–H and O–H groups in total. The van der Waals surface area contributed by atoms with Gasteiger partial charge in [0.2, 0.25) is 0 Å². The van der Waals surface area contributed by atoms with Gasteiger partial charge in [0.05, 0.1) is 0 Å². The SMILES string of the molecule is C=C(NC1CC1)c1ccc(C(F)F)c(Br)c1. The van der Waals surface area contributed by atoms with Crippen LogP contribution in [0.1, 0.15) is 30.4 Å². The summed E-state index contributed by atoms with van der Waals surface area (Å²) in [6, 6.07) is 5.30. The Bertz CT molecular complexity index is 413. The lowest BCUT2D eigenvalue weighted by molar-refractivity contribution is 0.150. The third kappa shape index (κ3) is 2.61. The first-order valence-electron chi connectivity index (χ1n) is 5.11. The van der Waals surface area contributed by atoms with Gasteiger partial charge in [-0.05, 0) is 24.5 Å². The summed E-state index contributed by atoms with van der Waals surface area (Å²) in [5.41, 5.74) is 1.66. The van der Waals surface area contributed by atoms with E-state index >= 15 is 0 Å². The molecule has 0 aromatic heterocycles. The van der Waals surface area contributed by atoms with Gasteiger partial charge in [0.1, 0.15) is 0 Å². The van der Waals surface area contributed by atoms with E-state index < -0.39 is 6.43 Å². The van der Waals surface area contributed by atoms with E-state index in [4.69, 9.17) is 0 Å². The maximum absolute atomic E-state index is 12.5. The van der Waals surface area contributed by atoms with Crippen LogP contribution in [0.2, 0.25) is 0 Å². The number of hydrogen-bond acceptors (Lipinski definition) is 1. The van der Waals surface area contributed by atoms with Gasteiger partial charge in [0.25, 0.3) is 6.43 Å². The highest BCUT2D eigenvalue weighted by Crippen LogP contribution is 2.30. The number of rotatable bonds is 4. The second-order valence-electron chi connectivity index (χ2n) is 3.93. The second-order valence-corrected chi connectivity index (χ2v) is 4.79. The van der Waals surface area contributed by atoms with Crippen LogP contribution in [0.3, 0.4) is 0 Å². The third-order valence-corrected chi connectivity index (χ3v) is 3.23. The van der Waals surface area contributed by atoms with Crippen LogP contribution in [0.4, 0.5) is 8.78 Å². The molecule has 1 aliphatic rings. The minimum Gasteiger partial charge on any atom is -0.382 e. The van der Waals surface area contributed by atoms with Crippen molar-refractivity contribution in [3.63, 3.8) is 0 Å². The molecular formula is C12H12BrF2N. The van der Waals surface area contributed by atoms with E-state index in [1.54, 1.807) is 12.1 Å². The molecule has 0 spiro atoms. The summed E-state index contributed by atoms with van der Waals surface area (Å²) in [6.07, 6.45) is -0.127. The Morgan fingerprint density at radius 3 is 2.62 bits per heavy atom. The second kappa shape index (κ2) is 4.53. The summed E-state index contributed by atoms with van der Waals surface area (Å²) in [5, 5.41) is 3.24. The van der Waals surface area contributed by atoms with Crippen molar-refractivity contribution in [3.8, 4) is 0 Å². The fourth-order valence-electron chi connectivity index (χ4n) is 1.45. The fourth-order valence-corrected chi connectivity index (χ4v) is 2.00. The summed E-state index contributed by atoms with van der Waals surface area (Å²) >= 11 is 3.15. The fraction of sp³-hybridized carbons (Fsp3) is 0.333. The average molecular weight is 288 g/mol. The lowest BCUT2D eigenvalue weighted by Gasteiger charge is -2.10. The highest BCUT2D eigenvalue weighted by molar-refractivity contribution is 9.10. The zero-order valence-corrected chi connectivity index (χ0v) is 10.2. The topological polar surface area (TPSA) is 12.0 Å². The molecule has 0 aliphatic heterocycles. The number of nitrogens with one attached hydrogen (secondary N) is 1. The van der Waals surface area contributed by atoms with Gasteiger partial charge in [-0.1, -0.05) is 34.6 Å². The lowest BCUT2D eigenvalue weighted by Crippen LogP contribution is -2.13. The molecule has 0 radical (unpaired) electrons. The molecule has 1 saturated carbocycles. The molecule has 1 aliphatic carbocycles. The molecule has 4 heteroatoms. The maximum atomic E-state index is 12.5. The van der Waals surface area contributed by atoms with Crippen molar-refractivity contribution in [2.24, 2.45) is 0 Å². The van der Waals surface area contributed by atoms with Crippen LogP contribution in [0.25, 0.3) is 5.70 Å². The summed E-state index contributed by atoms with van der Waals surface area (Å²) in [6.45, 7) is 3.90. The zero-order chi connectivity index (χ0) is 11.7. The molecule has 0 bridgehead atoms. The Balaban J connectivity index is 2.16. The Morgan fingerprint density at radius 2 is 2.12 bits per heavy atom. The Labute approximate surface area is 102 Å². The molecule has 0 amide bonds. The summed E-state index contributed by atoms with van der Waals surface area (Å²) in [7, 11) is 0. The number of halogens is 3. The summed E-state index contributed by atoms with van der Waals surface area (Å²) in [5.74, 6) is 0. The normalized spacial score (nSPS) is 15.2. The quantitative estimate of drug-likeness (QED) is 0.879. The van der Waals surface area contributed by atoms with Crippen molar-refractivity contribution in [1.82, 2.24) is 5.32 Å². The highest BCUT2D eigenvalue weighted by Gasteiger charge is 2.21. The molecular weight excluding hydrogens is 276 g/mol. The highest BCUT2D eigenvalue weighted by atomic mass is 79.9. The van der Waals surface area contributed by atoms with Crippen LogP contribution in [-0.2, 0) is 0 Å². The minimum absolute atomic E-state index is 0.0166. The van der Waals surface area contributed by atoms with Crippen LogP contribution in [0.15, 0.2) is 29.3 Å². The van der Waals surface area contributed by atoms with Gasteiger partial charge in [-0.25, -0.2) is 8.78 Å². The Kier molecular flexibility index (Phi) is 3.28. The standard InChI is InChI=1S/C12H12BrF2N/c1-7(16-9-3-4-9)8-2-5-10(12(14)15)11(13)6-8/h2,5-6,9,12,16H,1,3-4H2. The van der Waals surface area contributed by atoms with E-state index in [1.807, 2.05) is 0 Å². The molecule has 1 aromatic rings. The van der Waals surface area contributed by atoms with E-state index in [0.29, 0.717) is 10.5 Å². The maximum Gasteiger partial charge on any atom is 0.264 e. The molecule has 0 unspecified atom stereocenters. The largest absolute Gasteiger partial charge is 0.382 e. The summed E-state index contributed by atoms with van der Waals surface area (Å²) < 4.78 is 25.5. The zero-order valence-electron chi connectivity index (χ0n) is 8.64. The Hall–Kier alpha value is -0.900. The van der Waals surface area contributed by atoms with Crippen LogP contribution in [0.5, 0.6) is 0 Å². The van der Waals surface area contributed by atoms with Crippen molar-refractivity contribution in [1.29, 1.82) is 0 Å². The lowest BCUT2D eigenvalue weighted by atomic mass is 10.1. The first-order chi connectivity index (χ1) is 7.58. The van der Waals surface area contributed by atoms with Gasteiger partial charge in [0, 0.05) is 21.8 Å². The third-order valence-electron chi connectivity index (χ3n) is 2.54. The summed E-state index contributed by atoms with van der Waals surface area (Å²) in [4.78, 5) is 0. The first-order valence-corrected chi connectivity index (χ1v) is 5.90. The minimum atomic E-state index is -2.45. The predicted octanol–water partition coefficient (Wildman–Crippen LogP) is 4.11. The average Bonchev–Trinajstić information content (AvgIpc) is 3.00. The van der Waals surface area contributed by atoms with Crippen molar-refractivity contribution in [3.05, 3.63) is 40.4 Å². The van der Waals surface area contributed by atoms with Crippen molar-refractivity contribution < 1.29 is 8.78 Å². The molecule has 1 nitrogen and oxygen atoms in total. The van der Waals surface area contributed by atoms with Gasteiger partial charge in [-0.15, -0.1) is 0 Å². The Morgan fingerprint density at radius 1 is 1.44 bits per heavy atom. The molecule has 16 heavy (non-hydrogen) atoms. The van der Waals surface area contributed by atoms with Crippen molar-refractivity contribution in [2.45, 2.75) is 25.3 Å². The molecule has 0 saturated heterocycles. The number of benzene rings is 1. The van der Waals surface area contributed by atoms with E-state index in [-0.39, 0.29) is 5.56 Å². The van der Waals surface area contributed by atoms with Gasteiger partial charge < -0.3 is 5.32 Å². The van der Waals surface area contributed by atoms with Gasteiger partial charge in [0.15, 0.2) is 0 Å². The van der Waals surface area contributed by atoms with E-state index in [9.17, 15) is 8.78 Å². The monoisotopic (exact) mass is 287 g/mol. The van der Waals surface area contributed by atoms with E-state index in [2.05, 4.69) is 27.8 Å².